The molecular formula is C26H30O7. The number of fused-ring (bicyclic) bond motifs is 3. The summed E-state index contributed by atoms with van der Waals surface area (Å²) in [6, 6.07) is 9.72. The summed E-state index contributed by atoms with van der Waals surface area (Å²) in [5.74, 6) is -2.48. The van der Waals surface area contributed by atoms with Crippen molar-refractivity contribution in [3.8, 4) is 0 Å². The topological polar surface area (TPSA) is 99.1 Å². The minimum Gasteiger partial charge on any atom is -0.469 e. The quantitative estimate of drug-likeness (QED) is 0.682. The van der Waals surface area contributed by atoms with Gasteiger partial charge in [-0.3, -0.25) is 9.59 Å². The number of ketones is 1. The zero-order chi connectivity index (χ0) is 23.0. The molecule has 0 amide bonds. The fraction of sp³-hybridized carbons (Fsp3) is 0.654. The van der Waals surface area contributed by atoms with E-state index in [4.69, 9.17) is 14.2 Å². The van der Waals surface area contributed by atoms with Crippen LogP contribution in [-0.2, 0) is 35.2 Å². The first-order valence-corrected chi connectivity index (χ1v) is 12.0. The van der Waals surface area contributed by atoms with Crippen LogP contribution >= 0.6 is 0 Å². The number of benzene rings is 1. The summed E-state index contributed by atoms with van der Waals surface area (Å²) in [5.41, 5.74) is -2.11. The Morgan fingerprint density at radius 3 is 2.70 bits per heavy atom. The number of esters is 2. The fourth-order valence-electron chi connectivity index (χ4n) is 8.47. The summed E-state index contributed by atoms with van der Waals surface area (Å²) in [6.07, 6.45) is 3.29. The van der Waals surface area contributed by atoms with Gasteiger partial charge in [0.15, 0.2) is 5.60 Å². The van der Waals surface area contributed by atoms with E-state index in [1.807, 2.05) is 30.3 Å². The molecule has 6 aliphatic rings. The molecule has 33 heavy (non-hydrogen) atoms. The third-order valence-electron chi connectivity index (χ3n) is 9.66. The number of aliphatic hydroxyl groups is 1. The van der Waals surface area contributed by atoms with Crippen molar-refractivity contribution >= 4 is 17.7 Å². The van der Waals surface area contributed by atoms with Crippen LogP contribution in [0.3, 0.4) is 0 Å². The molecule has 2 saturated heterocycles. The normalized spacial score (nSPS) is 44.8. The minimum absolute atomic E-state index is 0.0336. The lowest BCUT2D eigenvalue weighted by Crippen LogP contribution is -2.70. The highest BCUT2D eigenvalue weighted by atomic mass is 16.6. The highest BCUT2D eigenvalue weighted by Crippen LogP contribution is 2.75. The van der Waals surface area contributed by atoms with Crippen molar-refractivity contribution in [1.29, 1.82) is 0 Å². The van der Waals surface area contributed by atoms with E-state index in [0.717, 1.165) is 18.4 Å². The molecule has 7 heteroatoms. The standard InChI is InChI=1S/C26H30O7/c1-31-22(28)21-20-17(14-32-13-15-5-3-2-4-6-15)25(30)9-10-26(20,33-23(25)29)19-8-7-16-11-24(19,21)12-18(16)27/h2-6,16-17,19-21,30H,7-14H2,1H3/t16-,17-,19-,20+,21-,24-,25-,26-/m1/s1. The molecule has 4 aliphatic carbocycles. The Kier molecular flexibility index (Phi) is 4.60. The largest absolute Gasteiger partial charge is 0.469 e. The summed E-state index contributed by atoms with van der Waals surface area (Å²) in [6.45, 7) is 0.487. The lowest BCUT2D eigenvalue weighted by molar-refractivity contribution is -0.267. The molecular weight excluding hydrogens is 424 g/mol. The number of hydrogen-bond donors (Lipinski definition) is 1. The van der Waals surface area contributed by atoms with Crippen LogP contribution < -0.4 is 0 Å². The van der Waals surface area contributed by atoms with E-state index >= 15 is 0 Å². The monoisotopic (exact) mass is 454 g/mol. The molecule has 4 bridgehead atoms. The molecule has 0 unspecified atom stereocenters. The number of carbonyl (C=O) groups is 3. The van der Waals surface area contributed by atoms with E-state index in [2.05, 4.69) is 0 Å². The molecule has 6 fully saturated rings. The smallest absolute Gasteiger partial charge is 0.339 e. The van der Waals surface area contributed by atoms with Gasteiger partial charge in [-0.05, 0) is 43.1 Å². The maximum absolute atomic E-state index is 13.3. The van der Waals surface area contributed by atoms with Gasteiger partial charge >= 0.3 is 11.9 Å². The highest BCUT2D eigenvalue weighted by molar-refractivity contribution is 5.89. The average molecular weight is 455 g/mol. The third-order valence-corrected chi connectivity index (χ3v) is 9.66. The van der Waals surface area contributed by atoms with Crippen LogP contribution in [0, 0.1) is 35.0 Å². The molecule has 1 aromatic rings. The maximum Gasteiger partial charge on any atom is 0.339 e. The van der Waals surface area contributed by atoms with Gasteiger partial charge in [-0.2, -0.15) is 0 Å². The van der Waals surface area contributed by atoms with Crippen LogP contribution in [0.5, 0.6) is 0 Å². The van der Waals surface area contributed by atoms with Gasteiger partial charge in [0.2, 0.25) is 0 Å². The fourth-order valence-corrected chi connectivity index (χ4v) is 8.47. The summed E-state index contributed by atoms with van der Waals surface area (Å²) in [5, 5.41) is 11.5. The Morgan fingerprint density at radius 2 is 1.97 bits per heavy atom. The molecule has 7 nitrogen and oxygen atoms in total. The van der Waals surface area contributed by atoms with Gasteiger partial charge in [0.05, 0.1) is 26.2 Å². The lowest BCUT2D eigenvalue weighted by atomic mass is 9.57. The van der Waals surface area contributed by atoms with Crippen molar-refractivity contribution in [2.24, 2.45) is 35.0 Å². The van der Waals surface area contributed by atoms with Crippen LogP contribution in [-0.4, -0.2) is 47.7 Å². The van der Waals surface area contributed by atoms with Crippen LogP contribution in [0.25, 0.3) is 0 Å². The minimum atomic E-state index is -1.69. The Bertz CT molecular complexity index is 1010. The van der Waals surface area contributed by atoms with Gasteiger partial charge in [-0.25, -0.2) is 4.79 Å². The van der Waals surface area contributed by atoms with Crippen molar-refractivity contribution in [1.82, 2.24) is 0 Å². The van der Waals surface area contributed by atoms with Gasteiger partial charge in [0.25, 0.3) is 0 Å². The van der Waals surface area contributed by atoms with Gasteiger partial charge in [0.1, 0.15) is 11.4 Å². The molecule has 7 rings (SSSR count). The van der Waals surface area contributed by atoms with Crippen molar-refractivity contribution in [3.05, 3.63) is 35.9 Å². The van der Waals surface area contributed by atoms with Crippen molar-refractivity contribution in [2.45, 2.75) is 56.3 Å². The number of ether oxygens (including phenoxy) is 3. The van der Waals surface area contributed by atoms with Crippen LogP contribution in [0.15, 0.2) is 30.3 Å². The summed E-state index contributed by atoms with van der Waals surface area (Å²) in [7, 11) is 1.37. The van der Waals surface area contributed by atoms with Gasteiger partial charge < -0.3 is 19.3 Å². The molecule has 2 spiro atoms. The summed E-state index contributed by atoms with van der Waals surface area (Å²) >= 11 is 0. The molecule has 0 radical (unpaired) electrons. The molecule has 1 N–H and O–H groups in total. The average Bonchev–Trinajstić information content (AvgIpc) is 3.21. The van der Waals surface area contributed by atoms with E-state index in [0.29, 0.717) is 32.3 Å². The predicted octanol–water partition coefficient (Wildman–Crippen LogP) is 2.43. The first kappa shape index (κ1) is 21.3. The Balaban J connectivity index is 1.41. The summed E-state index contributed by atoms with van der Waals surface area (Å²) < 4.78 is 17.4. The lowest BCUT2D eigenvalue weighted by Gasteiger charge is -2.58. The van der Waals surface area contributed by atoms with Gasteiger partial charge in [-0.1, -0.05) is 30.3 Å². The van der Waals surface area contributed by atoms with Crippen LogP contribution in [0.1, 0.15) is 44.1 Å². The predicted molar refractivity (Wildman–Crippen MR) is 114 cm³/mol. The first-order valence-electron chi connectivity index (χ1n) is 12.0. The molecule has 4 saturated carbocycles. The zero-order valence-corrected chi connectivity index (χ0v) is 18.8. The van der Waals surface area contributed by atoms with Crippen molar-refractivity contribution in [3.63, 3.8) is 0 Å². The Hall–Kier alpha value is -2.25. The van der Waals surface area contributed by atoms with E-state index in [1.165, 1.54) is 7.11 Å². The number of methoxy groups -OCH3 is 1. The van der Waals surface area contributed by atoms with Crippen LogP contribution in [0.2, 0.25) is 0 Å². The van der Waals surface area contributed by atoms with E-state index < -0.39 is 40.3 Å². The van der Waals surface area contributed by atoms with Crippen LogP contribution in [0.4, 0.5) is 0 Å². The second-order valence-electron chi connectivity index (χ2n) is 10.8. The van der Waals surface area contributed by atoms with Crippen molar-refractivity contribution in [2.75, 3.05) is 13.7 Å². The zero-order valence-electron chi connectivity index (χ0n) is 18.8. The second kappa shape index (κ2) is 7.12. The number of rotatable bonds is 5. The van der Waals surface area contributed by atoms with Gasteiger partial charge in [-0.15, -0.1) is 0 Å². The van der Waals surface area contributed by atoms with E-state index in [1.54, 1.807) is 0 Å². The molecule has 8 atom stereocenters. The second-order valence-corrected chi connectivity index (χ2v) is 10.8. The highest BCUT2D eigenvalue weighted by Gasteiger charge is 2.81. The molecule has 2 aliphatic heterocycles. The number of Topliss-reactive ketones (excluding diaryl/α,β-unsaturated/α-hetero) is 1. The number of hydrogen-bond acceptors (Lipinski definition) is 7. The Morgan fingerprint density at radius 1 is 1.18 bits per heavy atom. The molecule has 0 aromatic heterocycles. The molecule has 1 aromatic carbocycles. The first-order chi connectivity index (χ1) is 15.9. The molecule has 176 valence electrons. The molecule has 2 heterocycles. The van der Waals surface area contributed by atoms with Crippen molar-refractivity contribution < 1.29 is 33.7 Å². The Labute approximate surface area is 192 Å². The van der Waals surface area contributed by atoms with E-state index in [9.17, 15) is 19.5 Å². The van der Waals surface area contributed by atoms with E-state index in [-0.39, 0.29) is 30.2 Å². The SMILES string of the molecule is COC(=O)[C@H]1[C@@H]2[C@@H](COCc3ccccc3)[C@]3(O)CC[C@@]2(OC3=O)[C@@H]2CC[C@@H]3C[C@@]21CC3=O. The third kappa shape index (κ3) is 2.66. The maximum atomic E-state index is 13.3. The summed E-state index contributed by atoms with van der Waals surface area (Å²) in [4.78, 5) is 39.3. The van der Waals surface area contributed by atoms with Gasteiger partial charge in [0, 0.05) is 30.1 Å². The number of carbonyl (C=O) groups excluding carboxylic acids is 3.